The van der Waals surface area contributed by atoms with Gasteiger partial charge in [0.25, 0.3) is 5.91 Å². The quantitative estimate of drug-likeness (QED) is 0.801. The van der Waals surface area contributed by atoms with Crippen LogP contribution in [0.1, 0.15) is 35.2 Å². The molecular formula is C24H23FN2O2. The van der Waals surface area contributed by atoms with Crippen molar-refractivity contribution in [1.29, 1.82) is 0 Å². The van der Waals surface area contributed by atoms with E-state index in [0.717, 1.165) is 43.5 Å². The molecule has 2 atom stereocenters. The maximum absolute atomic E-state index is 13.1. The molecule has 2 aliphatic heterocycles. The molecule has 1 N–H and O–H groups in total. The molecule has 148 valence electrons. The van der Waals surface area contributed by atoms with E-state index >= 15 is 0 Å². The molecule has 2 aromatic rings. The van der Waals surface area contributed by atoms with Gasteiger partial charge in [-0.05, 0) is 60.2 Å². The smallest absolute Gasteiger partial charge is 0.258 e. The van der Waals surface area contributed by atoms with Crippen LogP contribution in [0.3, 0.4) is 0 Å². The van der Waals surface area contributed by atoms with Gasteiger partial charge in [-0.1, -0.05) is 36.4 Å². The third-order valence-electron chi connectivity index (χ3n) is 6.04. The molecule has 2 unspecified atom stereocenters. The number of nitrogens with zero attached hydrogens (tertiary/aromatic N) is 1. The molecule has 0 bridgehead atoms. The van der Waals surface area contributed by atoms with Crippen molar-refractivity contribution < 1.29 is 13.9 Å². The van der Waals surface area contributed by atoms with Crippen LogP contribution < -0.4 is 10.1 Å². The highest BCUT2D eigenvalue weighted by Gasteiger charge is 2.32. The fraction of sp³-hybridized carbons (Fsp3) is 0.292. The number of rotatable bonds is 3. The Bertz CT molecular complexity index is 996. The molecule has 1 aliphatic carbocycles. The summed E-state index contributed by atoms with van der Waals surface area (Å²) < 4.78 is 19.2. The fourth-order valence-electron chi connectivity index (χ4n) is 4.43. The Morgan fingerprint density at radius 2 is 1.90 bits per heavy atom. The van der Waals surface area contributed by atoms with E-state index in [-0.39, 0.29) is 18.0 Å². The lowest BCUT2D eigenvalue weighted by molar-refractivity contribution is 0.0807. The third kappa shape index (κ3) is 3.58. The van der Waals surface area contributed by atoms with E-state index < -0.39 is 0 Å². The van der Waals surface area contributed by atoms with Crippen LogP contribution in [0.15, 0.2) is 66.3 Å². The van der Waals surface area contributed by atoms with E-state index in [1.54, 1.807) is 6.07 Å². The van der Waals surface area contributed by atoms with Gasteiger partial charge in [-0.15, -0.1) is 0 Å². The van der Waals surface area contributed by atoms with E-state index in [2.05, 4.69) is 22.4 Å². The van der Waals surface area contributed by atoms with Gasteiger partial charge in [0.1, 0.15) is 11.6 Å². The predicted molar refractivity (Wildman–Crippen MR) is 110 cm³/mol. The van der Waals surface area contributed by atoms with Crippen molar-refractivity contribution in [2.24, 2.45) is 0 Å². The largest absolute Gasteiger partial charge is 0.466 e. The van der Waals surface area contributed by atoms with Crippen molar-refractivity contribution >= 4 is 11.5 Å². The Morgan fingerprint density at radius 1 is 1.07 bits per heavy atom. The first kappa shape index (κ1) is 18.1. The summed E-state index contributed by atoms with van der Waals surface area (Å²) in [7, 11) is 0. The molecule has 29 heavy (non-hydrogen) atoms. The van der Waals surface area contributed by atoms with Gasteiger partial charge in [0.15, 0.2) is 6.23 Å². The molecule has 0 saturated carbocycles. The van der Waals surface area contributed by atoms with Crippen molar-refractivity contribution in [3.63, 3.8) is 0 Å². The normalized spacial score (nSPS) is 24.2. The Labute approximate surface area is 169 Å². The van der Waals surface area contributed by atoms with Crippen LogP contribution in [0.25, 0.3) is 5.57 Å². The van der Waals surface area contributed by atoms with Crippen LogP contribution >= 0.6 is 0 Å². The third-order valence-corrected chi connectivity index (χ3v) is 6.04. The molecule has 0 aromatic heterocycles. The molecule has 1 amide bonds. The summed E-state index contributed by atoms with van der Waals surface area (Å²) in [6.07, 6.45) is 7.04. The highest BCUT2D eigenvalue weighted by Crippen LogP contribution is 2.32. The molecule has 2 heterocycles. The number of carbonyl (C=O) groups excluding carboxylic acids is 1. The summed E-state index contributed by atoms with van der Waals surface area (Å²) in [5, 5.41) is 2.98. The van der Waals surface area contributed by atoms with Crippen molar-refractivity contribution in [2.45, 2.75) is 31.5 Å². The number of hydrogen-bond donors (Lipinski definition) is 1. The van der Waals surface area contributed by atoms with Crippen LogP contribution in [0.5, 0.6) is 5.75 Å². The van der Waals surface area contributed by atoms with Crippen molar-refractivity contribution in [1.82, 2.24) is 10.2 Å². The average Bonchev–Trinajstić information content (AvgIpc) is 3.25. The molecular weight excluding hydrogens is 367 g/mol. The SMILES string of the molecule is O=C1NC(C2=CC(N3CC=C(c4ccc(F)cc4)CC3)CC2)Oc2ccccc21. The highest BCUT2D eigenvalue weighted by atomic mass is 19.1. The number of halogens is 1. The first-order valence-corrected chi connectivity index (χ1v) is 10.1. The molecule has 4 nitrogen and oxygen atoms in total. The van der Waals surface area contributed by atoms with E-state index in [4.69, 9.17) is 4.74 Å². The van der Waals surface area contributed by atoms with Gasteiger partial charge in [-0.25, -0.2) is 4.39 Å². The Morgan fingerprint density at radius 3 is 2.69 bits per heavy atom. The number of amides is 1. The summed E-state index contributed by atoms with van der Waals surface area (Å²) in [6, 6.07) is 14.5. The number of ether oxygens (including phenoxy) is 1. The molecule has 0 spiro atoms. The molecule has 2 aromatic carbocycles. The minimum absolute atomic E-state index is 0.0777. The zero-order chi connectivity index (χ0) is 19.8. The predicted octanol–water partition coefficient (Wildman–Crippen LogP) is 4.15. The zero-order valence-electron chi connectivity index (χ0n) is 16.1. The summed E-state index contributed by atoms with van der Waals surface area (Å²) in [4.78, 5) is 14.8. The van der Waals surface area contributed by atoms with Crippen LogP contribution in [-0.4, -0.2) is 36.2 Å². The number of benzene rings is 2. The molecule has 0 fully saturated rings. The number of para-hydroxylation sites is 1. The van der Waals surface area contributed by atoms with Crippen molar-refractivity contribution in [3.05, 3.63) is 83.2 Å². The van der Waals surface area contributed by atoms with Gasteiger partial charge in [0.05, 0.1) is 5.56 Å². The lowest BCUT2D eigenvalue weighted by Gasteiger charge is -2.31. The Balaban J connectivity index is 1.26. The average molecular weight is 390 g/mol. The second-order valence-electron chi connectivity index (χ2n) is 7.80. The second-order valence-corrected chi connectivity index (χ2v) is 7.80. The zero-order valence-corrected chi connectivity index (χ0v) is 16.1. The second kappa shape index (κ2) is 7.48. The molecule has 5 heteroatoms. The van der Waals surface area contributed by atoms with Gasteiger partial charge < -0.3 is 10.1 Å². The summed E-state index contributed by atoms with van der Waals surface area (Å²) in [5.41, 5.74) is 4.12. The first-order valence-electron chi connectivity index (χ1n) is 10.1. The van der Waals surface area contributed by atoms with Gasteiger partial charge in [0, 0.05) is 19.1 Å². The number of hydrogen-bond acceptors (Lipinski definition) is 3. The van der Waals surface area contributed by atoms with Gasteiger partial charge in [-0.3, -0.25) is 9.69 Å². The van der Waals surface area contributed by atoms with E-state index in [0.29, 0.717) is 17.4 Å². The minimum atomic E-state index is -0.377. The van der Waals surface area contributed by atoms with Crippen molar-refractivity contribution in [3.8, 4) is 5.75 Å². The summed E-state index contributed by atoms with van der Waals surface area (Å²) >= 11 is 0. The van der Waals surface area contributed by atoms with Crippen LogP contribution in [-0.2, 0) is 0 Å². The number of nitrogens with one attached hydrogen (secondary N) is 1. The lowest BCUT2D eigenvalue weighted by atomic mass is 9.98. The molecule has 0 radical (unpaired) electrons. The summed E-state index contributed by atoms with van der Waals surface area (Å²) in [5.74, 6) is 0.372. The lowest BCUT2D eigenvalue weighted by Crippen LogP contribution is -2.44. The van der Waals surface area contributed by atoms with Gasteiger partial charge >= 0.3 is 0 Å². The van der Waals surface area contributed by atoms with Crippen LogP contribution in [0.2, 0.25) is 0 Å². The van der Waals surface area contributed by atoms with Crippen LogP contribution in [0.4, 0.5) is 4.39 Å². The number of carbonyl (C=O) groups is 1. The van der Waals surface area contributed by atoms with E-state index in [1.807, 2.05) is 30.3 Å². The monoisotopic (exact) mass is 390 g/mol. The maximum atomic E-state index is 13.1. The summed E-state index contributed by atoms with van der Waals surface area (Å²) in [6.45, 7) is 1.85. The topological polar surface area (TPSA) is 41.6 Å². The fourth-order valence-corrected chi connectivity index (χ4v) is 4.43. The van der Waals surface area contributed by atoms with Gasteiger partial charge in [-0.2, -0.15) is 0 Å². The standard InChI is InChI=1S/C24H23FN2O2/c25-19-8-5-16(6-9-19)17-11-13-27(14-12-17)20-10-7-18(15-20)24-26-23(28)21-3-1-2-4-22(21)29-24/h1-6,8-9,11,15,20,24H,7,10,12-14H2,(H,26,28). The molecule has 3 aliphatic rings. The first-order chi connectivity index (χ1) is 14.2. The van der Waals surface area contributed by atoms with Crippen molar-refractivity contribution in [2.75, 3.05) is 13.1 Å². The van der Waals surface area contributed by atoms with Gasteiger partial charge in [0.2, 0.25) is 0 Å². The minimum Gasteiger partial charge on any atom is -0.466 e. The Kier molecular flexibility index (Phi) is 4.68. The number of fused-ring (bicyclic) bond motifs is 1. The molecule has 5 rings (SSSR count). The van der Waals surface area contributed by atoms with E-state index in [9.17, 15) is 9.18 Å². The maximum Gasteiger partial charge on any atom is 0.258 e. The van der Waals surface area contributed by atoms with Crippen LogP contribution in [0, 0.1) is 5.82 Å². The van der Waals surface area contributed by atoms with E-state index in [1.165, 1.54) is 17.7 Å². The Hall–Kier alpha value is -2.92. The highest BCUT2D eigenvalue weighted by molar-refractivity contribution is 5.98. The molecule has 0 saturated heterocycles.